The van der Waals surface area contributed by atoms with E-state index in [9.17, 15) is 13.2 Å². The molecule has 2 aromatic rings. The highest BCUT2D eigenvalue weighted by atomic mass is 19.4. The highest BCUT2D eigenvalue weighted by Crippen LogP contribution is 2.36. The van der Waals surface area contributed by atoms with Crippen molar-refractivity contribution in [2.45, 2.75) is 32.5 Å². The first-order valence-corrected chi connectivity index (χ1v) is 9.21. The standard InChI is InChI=1S/C21H25F3N2O/c1-15(2)17-5-3-16(4-6-17)14-25-19-13-18(21(22,23)24)7-8-20(19)26-9-11-27-12-10-26/h3-8,13,15,25H,9-12,14H2,1-2H3. The molecule has 0 atom stereocenters. The molecule has 2 aromatic carbocycles. The van der Waals surface area contributed by atoms with E-state index in [2.05, 4.69) is 36.2 Å². The van der Waals surface area contributed by atoms with Gasteiger partial charge in [0.15, 0.2) is 0 Å². The summed E-state index contributed by atoms with van der Waals surface area (Å²) in [4.78, 5) is 2.06. The van der Waals surface area contributed by atoms with Crippen LogP contribution in [0, 0.1) is 0 Å². The normalized spacial score (nSPS) is 15.3. The van der Waals surface area contributed by atoms with E-state index in [1.165, 1.54) is 11.6 Å². The van der Waals surface area contributed by atoms with Crippen LogP contribution in [0.1, 0.15) is 36.5 Å². The number of anilines is 2. The maximum Gasteiger partial charge on any atom is 0.416 e. The van der Waals surface area contributed by atoms with Gasteiger partial charge in [-0.1, -0.05) is 38.1 Å². The van der Waals surface area contributed by atoms with Gasteiger partial charge in [-0.3, -0.25) is 0 Å². The van der Waals surface area contributed by atoms with Crippen molar-refractivity contribution < 1.29 is 17.9 Å². The van der Waals surface area contributed by atoms with E-state index in [0.29, 0.717) is 44.5 Å². The molecule has 0 unspecified atom stereocenters. The average molecular weight is 378 g/mol. The smallest absolute Gasteiger partial charge is 0.379 e. The SMILES string of the molecule is CC(C)c1ccc(CNc2cc(C(F)(F)F)ccc2N2CCOCC2)cc1. The minimum Gasteiger partial charge on any atom is -0.379 e. The van der Waals surface area contributed by atoms with Crippen LogP contribution in [0.15, 0.2) is 42.5 Å². The first-order valence-electron chi connectivity index (χ1n) is 9.21. The number of ether oxygens (including phenoxy) is 1. The minimum atomic E-state index is -4.36. The lowest BCUT2D eigenvalue weighted by molar-refractivity contribution is -0.137. The number of hydrogen-bond acceptors (Lipinski definition) is 3. The summed E-state index contributed by atoms with van der Waals surface area (Å²) >= 11 is 0. The third-order valence-electron chi connectivity index (χ3n) is 4.81. The highest BCUT2D eigenvalue weighted by molar-refractivity contribution is 5.71. The summed E-state index contributed by atoms with van der Waals surface area (Å²) in [6, 6.07) is 12.1. The van der Waals surface area contributed by atoms with Crippen molar-refractivity contribution in [1.29, 1.82) is 0 Å². The molecule has 1 heterocycles. The number of benzene rings is 2. The molecule has 1 aliphatic heterocycles. The van der Waals surface area contributed by atoms with Crippen LogP contribution in [0.2, 0.25) is 0 Å². The summed E-state index contributed by atoms with van der Waals surface area (Å²) < 4.78 is 44.8. The quantitative estimate of drug-likeness (QED) is 0.766. The summed E-state index contributed by atoms with van der Waals surface area (Å²) in [7, 11) is 0. The Balaban J connectivity index is 1.82. The predicted molar refractivity (Wildman–Crippen MR) is 102 cm³/mol. The fourth-order valence-corrected chi connectivity index (χ4v) is 3.15. The molecular weight excluding hydrogens is 353 g/mol. The van der Waals surface area contributed by atoms with Gasteiger partial charge in [0.1, 0.15) is 0 Å². The van der Waals surface area contributed by atoms with Gasteiger partial charge in [-0.05, 0) is 35.2 Å². The third-order valence-corrected chi connectivity index (χ3v) is 4.81. The first kappa shape index (κ1) is 19.5. The molecule has 0 radical (unpaired) electrons. The topological polar surface area (TPSA) is 24.5 Å². The molecule has 0 spiro atoms. The Morgan fingerprint density at radius 2 is 1.70 bits per heavy atom. The summed E-state index contributed by atoms with van der Waals surface area (Å²) in [5.74, 6) is 0.448. The van der Waals surface area contributed by atoms with E-state index in [1.54, 1.807) is 6.07 Å². The van der Waals surface area contributed by atoms with Crippen LogP contribution in [0.5, 0.6) is 0 Å². The van der Waals surface area contributed by atoms with Crippen LogP contribution in [0.3, 0.4) is 0 Å². The second-order valence-corrected chi connectivity index (χ2v) is 7.08. The number of nitrogens with zero attached hydrogens (tertiary/aromatic N) is 1. The lowest BCUT2D eigenvalue weighted by Crippen LogP contribution is -2.36. The van der Waals surface area contributed by atoms with Gasteiger partial charge in [0, 0.05) is 19.6 Å². The molecule has 3 rings (SSSR count). The van der Waals surface area contributed by atoms with Gasteiger partial charge < -0.3 is 15.0 Å². The van der Waals surface area contributed by atoms with Crippen LogP contribution < -0.4 is 10.2 Å². The van der Waals surface area contributed by atoms with E-state index < -0.39 is 11.7 Å². The molecule has 1 saturated heterocycles. The van der Waals surface area contributed by atoms with Gasteiger partial charge >= 0.3 is 6.18 Å². The summed E-state index contributed by atoms with van der Waals surface area (Å²) in [5.41, 5.74) is 2.92. The van der Waals surface area contributed by atoms with Crippen molar-refractivity contribution in [1.82, 2.24) is 0 Å². The van der Waals surface area contributed by atoms with E-state index >= 15 is 0 Å². The van der Waals surface area contributed by atoms with Crippen LogP contribution in [-0.2, 0) is 17.5 Å². The number of morpholine rings is 1. The number of halogens is 3. The average Bonchev–Trinajstić information content (AvgIpc) is 2.66. The van der Waals surface area contributed by atoms with Crippen LogP contribution >= 0.6 is 0 Å². The largest absolute Gasteiger partial charge is 0.416 e. The van der Waals surface area contributed by atoms with Crippen molar-refractivity contribution in [2.24, 2.45) is 0 Å². The molecular formula is C21H25F3N2O. The molecule has 27 heavy (non-hydrogen) atoms. The van der Waals surface area contributed by atoms with Crippen molar-refractivity contribution >= 4 is 11.4 Å². The lowest BCUT2D eigenvalue weighted by atomic mass is 10.0. The summed E-state index contributed by atoms with van der Waals surface area (Å²) in [6.07, 6.45) is -4.36. The number of nitrogens with one attached hydrogen (secondary N) is 1. The zero-order valence-corrected chi connectivity index (χ0v) is 15.6. The van der Waals surface area contributed by atoms with Crippen molar-refractivity contribution in [3.63, 3.8) is 0 Å². The second-order valence-electron chi connectivity index (χ2n) is 7.08. The van der Waals surface area contributed by atoms with E-state index in [1.807, 2.05) is 12.1 Å². The van der Waals surface area contributed by atoms with Gasteiger partial charge in [-0.25, -0.2) is 0 Å². The Kier molecular flexibility index (Phi) is 5.95. The molecule has 0 saturated carbocycles. The maximum atomic E-state index is 13.2. The molecule has 3 nitrogen and oxygen atoms in total. The van der Waals surface area contributed by atoms with Crippen LogP contribution in [0.25, 0.3) is 0 Å². The molecule has 6 heteroatoms. The fourth-order valence-electron chi connectivity index (χ4n) is 3.15. The second kappa shape index (κ2) is 8.21. The predicted octanol–water partition coefficient (Wildman–Crippen LogP) is 5.28. The van der Waals surface area contributed by atoms with Gasteiger partial charge in [0.05, 0.1) is 30.2 Å². The Morgan fingerprint density at radius 3 is 2.30 bits per heavy atom. The molecule has 1 fully saturated rings. The van der Waals surface area contributed by atoms with Gasteiger partial charge in [-0.15, -0.1) is 0 Å². The minimum absolute atomic E-state index is 0.448. The number of alkyl halides is 3. The Morgan fingerprint density at radius 1 is 1.04 bits per heavy atom. The summed E-state index contributed by atoms with van der Waals surface area (Å²) in [6.45, 7) is 7.23. The van der Waals surface area contributed by atoms with Crippen molar-refractivity contribution in [2.75, 3.05) is 36.5 Å². The van der Waals surface area contributed by atoms with Crippen molar-refractivity contribution in [3.8, 4) is 0 Å². The number of rotatable bonds is 5. The van der Waals surface area contributed by atoms with Crippen molar-refractivity contribution in [3.05, 3.63) is 59.2 Å². The molecule has 0 bridgehead atoms. The van der Waals surface area contributed by atoms with Gasteiger partial charge in [0.2, 0.25) is 0 Å². The Labute approximate surface area is 158 Å². The highest BCUT2D eigenvalue weighted by Gasteiger charge is 2.31. The molecule has 0 aromatic heterocycles. The zero-order chi connectivity index (χ0) is 19.4. The van der Waals surface area contributed by atoms with E-state index in [0.717, 1.165) is 17.3 Å². The third kappa shape index (κ3) is 4.95. The van der Waals surface area contributed by atoms with Crippen LogP contribution in [-0.4, -0.2) is 26.3 Å². The molecule has 0 amide bonds. The molecule has 0 aliphatic carbocycles. The summed E-state index contributed by atoms with van der Waals surface area (Å²) in [5, 5.41) is 3.21. The van der Waals surface area contributed by atoms with Gasteiger partial charge in [0.25, 0.3) is 0 Å². The molecule has 1 aliphatic rings. The van der Waals surface area contributed by atoms with E-state index in [4.69, 9.17) is 4.74 Å². The molecule has 146 valence electrons. The number of hydrogen-bond donors (Lipinski definition) is 1. The Bertz CT molecular complexity index is 751. The zero-order valence-electron chi connectivity index (χ0n) is 15.6. The lowest BCUT2D eigenvalue weighted by Gasteiger charge is -2.31. The van der Waals surface area contributed by atoms with E-state index in [-0.39, 0.29) is 0 Å². The van der Waals surface area contributed by atoms with Gasteiger partial charge in [-0.2, -0.15) is 13.2 Å². The Hall–Kier alpha value is -2.21. The fraction of sp³-hybridized carbons (Fsp3) is 0.429. The van der Waals surface area contributed by atoms with Crippen LogP contribution in [0.4, 0.5) is 24.5 Å². The first-order chi connectivity index (χ1) is 12.8. The molecule has 1 N–H and O–H groups in total. The maximum absolute atomic E-state index is 13.2. The monoisotopic (exact) mass is 378 g/mol.